The summed E-state index contributed by atoms with van der Waals surface area (Å²) < 4.78 is 1.45. The number of nitrogens with one attached hydrogen (secondary N) is 1. The number of hydrogen-bond acceptors (Lipinski definition) is 3. The van der Waals surface area contributed by atoms with Crippen LogP contribution in [0.4, 0.5) is 10.6 Å². The van der Waals surface area contributed by atoms with Crippen LogP contribution < -0.4 is 10.3 Å². The summed E-state index contributed by atoms with van der Waals surface area (Å²) in [6.07, 6.45) is 3.75. The van der Waals surface area contributed by atoms with E-state index in [0.717, 1.165) is 10.6 Å². The topological polar surface area (TPSA) is 66.7 Å². The maximum atomic E-state index is 10.6. The van der Waals surface area contributed by atoms with Gasteiger partial charge in [-0.15, -0.1) is 0 Å². The first-order valence-electron chi connectivity index (χ1n) is 3.95. The van der Waals surface area contributed by atoms with Gasteiger partial charge >= 0.3 is 6.09 Å². The number of amides is 1. The van der Waals surface area contributed by atoms with Gasteiger partial charge in [0, 0.05) is 18.0 Å². The van der Waals surface area contributed by atoms with E-state index in [1.807, 2.05) is 6.07 Å². The molecule has 14 heavy (non-hydrogen) atoms. The first-order chi connectivity index (χ1) is 6.72. The summed E-state index contributed by atoms with van der Waals surface area (Å²) in [5.41, 5.74) is 3.56. The van der Waals surface area contributed by atoms with Crippen molar-refractivity contribution in [3.63, 3.8) is 0 Å². The highest BCUT2D eigenvalue weighted by Crippen LogP contribution is 2.22. The van der Waals surface area contributed by atoms with Crippen molar-refractivity contribution in [2.45, 2.75) is 0 Å². The zero-order valence-electron chi connectivity index (χ0n) is 7.47. The molecular weight excluding hydrogens is 186 g/mol. The lowest BCUT2D eigenvalue weighted by Crippen LogP contribution is -2.33. The molecule has 1 aliphatic heterocycles. The van der Waals surface area contributed by atoms with E-state index in [-0.39, 0.29) is 0 Å². The Morgan fingerprint density at radius 1 is 1.64 bits per heavy atom. The van der Waals surface area contributed by atoms with E-state index in [0.29, 0.717) is 5.82 Å². The van der Waals surface area contributed by atoms with Crippen LogP contribution in [0.2, 0.25) is 0 Å². The van der Waals surface area contributed by atoms with Crippen LogP contribution in [-0.4, -0.2) is 28.0 Å². The summed E-state index contributed by atoms with van der Waals surface area (Å²) >= 11 is 0. The summed E-state index contributed by atoms with van der Waals surface area (Å²) in [5.74, 6) is 0.595. The number of rotatable bonds is 1. The highest BCUT2D eigenvalue weighted by atomic mass is 16.6. The maximum Gasteiger partial charge on any atom is 0.430 e. The second kappa shape index (κ2) is 2.99. The van der Waals surface area contributed by atoms with Gasteiger partial charge in [-0.3, -0.25) is 5.43 Å². The first kappa shape index (κ1) is 8.49. The molecule has 1 aromatic heterocycles. The van der Waals surface area contributed by atoms with E-state index in [1.165, 1.54) is 18.0 Å². The minimum Gasteiger partial charge on any atom is -0.463 e. The maximum absolute atomic E-state index is 10.6. The predicted molar refractivity (Wildman–Crippen MR) is 49.5 cm³/mol. The van der Waals surface area contributed by atoms with Crippen LogP contribution in [0.15, 0.2) is 18.5 Å². The predicted octanol–water partition coefficient (Wildman–Crippen LogP) is 0.838. The Kier molecular flexibility index (Phi) is 1.81. The van der Waals surface area contributed by atoms with Crippen molar-refractivity contribution in [2.24, 2.45) is 0 Å². The van der Waals surface area contributed by atoms with Gasteiger partial charge in [0.2, 0.25) is 0 Å². The summed E-state index contributed by atoms with van der Waals surface area (Å²) in [7, 11) is 1.51. The van der Waals surface area contributed by atoms with Gasteiger partial charge in [0.15, 0.2) is 5.82 Å². The minimum absolute atomic E-state index is 0.595. The van der Waals surface area contributed by atoms with Crippen LogP contribution in [0, 0.1) is 0 Å². The Labute approximate surface area is 79.9 Å². The van der Waals surface area contributed by atoms with Gasteiger partial charge in [0.05, 0.1) is 0 Å². The molecule has 2 N–H and O–H groups in total. The molecular formula is C8H9N3O3. The van der Waals surface area contributed by atoms with Gasteiger partial charge in [-0.05, 0) is 12.1 Å². The molecule has 6 heteroatoms. The molecule has 0 aromatic carbocycles. The lowest BCUT2D eigenvalue weighted by atomic mass is 10.3. The Hall–Kier alpha value is -2.11. The Balaban J connectivity index is 2.34. The second-order valence-corrected chi connectivity index (χ2v) is 2.71. The molecule has 0 saturated carbocycles. The highest BCUT2D eigenvalue weighted by molar-refractivity contribution is 5.75. The zero-order chi connectivity index (χ0) is 10.1. The van der Waals surface area contributed by atoms with Crippen molar-refractivity contribution in [2.75, 3.05) is 12.5 Å². The van der Waals surface area contributed by atoms with E-state index in [4.69, 9.17) is 9.94 Å². The fraction of sp³-hybridized carbons (Fsp3) is 0.125. The molecule has 1 amide bonds. The molecule has 0 fully saturated rings. The quantitative estimate of drug-likeness (QED) is 0.696. The van der Waals surface area contributed by atoms with E-state index in [9.17, 15) is 4.79 Å². The van der Waals surface area contributed by atoms with Crippen molar-refractivity contribution < 1.29 is 14.7 Å². The number of carboxylic acid groups (broad SMARTS) is 1. The number of anilines is 1. The van der Waals surface area contributed by atoms with Crippen LogP contribution in [0.5, 0.6) is 0 Å². The molecule has 0 spiro atoms. The minimum atomic E-state index is -1.07. The number of nitrogens with zero attached hydrogens (tertiary/aromatic N) is 2. The zero-order valence-corrected chi connectivity index (χ0v) is 7.47. The van der Waals surface area contributed by atoms with Crippen molar-refractivity contribution in [3.05, 3.63) is 24.0 Å². The lowest BCUT2D eigenvalue weighted by Gasteiger charge is -2.21. The summed E-state index contributed by atoms with van der Waals surface area (Å²) in [5, 5.41) is 9.68. The molecule has 2 rings (SSSR count). The summed E-state index contributed by atoms with van der Waals surface area (Å²) in [6, 6.07) is 1.82. The Morgan fingerprint density at radius 2 is 2.43 bits per heavy atom. The van der Waals surface area contributed by atoms with Gasteiger partial charge in [0.1, 0.15) is 7.11 Å². The van der Waals surface area contributed by atoms with Gasteiger partial charge in [-0.2, -0.15) is 9.74 Å². The number of hydrazine groups is 1. The Morgan fingerprint density at radius 3 is 3.07 bits per heavy atom. The average Bonchev–Trinajstić information content (AvgIpc) is 2.59. The summed E-state index contributed by atoms with van der Waals surface area (Å²) in [4.78, 5) is 15.6. The van der Waals surface area contributed by atoms with Crippen molar-refractivity contribution in [1.82, 2.24) is 9.74 Å². The third-order valence-corrected chi connectivity index (χ3v) is 1.92. The van der Waals surface area contributed by atoms with Crippen LogP contribution >= 0.6 is 0 Å². The lowest BCUT2D eigenvalue weighted by molar-refractivity contribution is 0.159. The van der Waals surface area contributed by atoms with E-state index in [2.05, 4.69) is 5.43 Å². The molecule has 0 unspecified atom stereocenters. The van der Waals surface area contributed by atoms with Crippen molar-refractivity contribution in [3.8, 4) is 0 Å². The molecule has 0 radical (unpaired) electrons. The van der Waals surface area contributed by atoms with Gasteiger partial charge in [-0.25, -0.2) is 4.79 Å². The third kappa shape index (κ3) is 1.17. The van der Waals surface area contributed by atoms with E-state index < -0.39 is 6.09 Å². The van der Waals surface area contributed by atoms with E-state index in [1.54, 1.807) is 12.3 Å². The molecule has 1 aromatic rings. The van der Waals surface area contributed by atoms with Crippen LogP contribution in [-0.2, 0) is 0 Å². The number of fused-ring (bicyclic) bond motifs is 1. The normalized spacial score (nSPS) is 13.4. The molecule has 2 heterocycles. The van der Waals surface area contributed by atoms with Gasteiger partial charge in [0.25, 0.3) is 0 Å². The fourth-order valence-electron chi connectivity index (χ4n) is 1.25. The SMILES string of the molecule is COn1ccc2c1NN(C(=O)O)C=C2. The molecule has 0 aliphatic carbocycles. The van der Waals surface area contributed by atoms with E-state index >= 15 is 0 Å². The second-order valence-electron chi connectivity index (χ2n) is 2.71. The van der Waals surface area contributed by atoms with Crippen LogP contribution in [0.1, 0.15) is 5.56 Å². The monoisotopic (exact) mass is 195 g/mol. The number of aromatic nitrogens is 1. The number of carbonyl (C=O) groups is 1. The number of hydrogen-bond donors (Lipinski definition) is 2. The fourth-order valence-corrected chi connectivity index (χ4v) is 1.25. The summed E-state index contributed by atoms with van der Waals surface area (Å²) in [6.45, 7) is 0. The molecule has 0 bridgehead atoms. The molecule has 6 nitrogen and oxygen atoms in total. The standard InChI is InChI=1S/C8H9N3O3/c1-14-11-5-3-6-2-4-10(8(12)13)9-7(6)11/h2-5,9H,1H3,(H,12,13). The van der Waals surface area contributed by atoms with Crippen LogP contribution in [0.25, 0.3) is 6.08 Å². The third-order valence-electron chi connectivity index (χ3n) is 1.92. The Bertz CT molecular complexity index is 397. The smallest absolute Gasteiger partial charge is 0.430 e. The molecule has 1 aliphatic rings. The molecule has 0 saturated heterocycles. The largest absolute Gasteiger partial charge is 0.463 e. The van der Waals surface area contributed by atoms with Gasteiger partial charge < -0.3 is 9.94 Å². The molecule has 0 atom stereocenters. The molecule has 74 valence electrons. The van der Waals surface area contributed by atoms with Crippen molar-refractivity contribution in [1.29, 1.82) is 0 Å². The van der Waals surface area contributed by atoms with Crippen LogP contribution in [0.3, 0.4) is 0 Å². The average molecular weight is 195 g/mol. The highest BCUT2D eigenvalue weighted by Gasteiger charge is 2.18. The van der Waals surface area contributed by atoms with Gasteiger partial charge in [-0.1, -0.05) is 0 Å². The van der Waals surface area contributed by atoms with Crippen molar-refractivity contribution >= 4 is 18.0 Å². The first-order valence-corrected chi connectivity index (χ1v) is 3.95.